The van der Waals surface area contributed by atoms with Gasteiger partial charge in [-0.2, -0.15) is 0 Å². The molecule has 0 N–H and O–H groups in total. The number of hydrogen-bond acceptors (Lipinski definition) is 5. The van der Waals surface area contributed by atoms with E-state index in [9.17, 15) is 0 Å². The van der Waals surface area contributed by atoms with Crippen molar-refractivity contribution in [2.24, 2.45) is 0 Å². The van der Waals surface area contributed by atoms with Crippen LogP contribution in [0, 0.1) is 0 Å². The second-order valence-electron chi connectivity index (χ2n) is 9.28. The molecule has 0 aliphatic carbocycles. The molecule has 0 aromatic heterocycles. The van der Waals surface area contributed by atoms with E-state index in [1.165, 1.54) is 15.4 Å². The van der Waals surface area contributed by atoms with Crippen molar-refractivity contribution >= 4 is 71.6 Å². The van der Waals surface area contributed by atoms with Gasteiger partial charge in [-0.05, 0) is 91.9 Å². The average Bonchev–Trinajstić information content (AvgIpc) is 2.94. The highest BCUT2D eigenvalue weighted by Gasteiger charge is 2.23. The summed E-state index contributed by atoms with van der Waals surface area (Å²) in [4.78, 5) is 7.42. The van der Waals surface area contributed by atoms with Crippen LogP contribution in [0.25, 0.3) is 11.6 Å². The van der Waals surface area contributed by atoms with Gasteiger partial charge in [-0.15, -0.1) is 48.3 Å². The van der Waals surface area contributed by atoms with Crippen LogP contribution in [0.2, 0.25) is 5.02 Å². The third-order valence-electron chi connectivity index (χ3n) is 7.03. The summed E-state index contributed by atoms with van der Waals surface area (Å²) in [6.07, 6.45) is 2.25. The predicted molar refractivity (Wildman–Crippen MR) is 183 cm³/mol. The maximum absolute atomic E-state index is 6.58. The first-order valence-electron chi connectivity index (χ1n) is 13.7. The van der Waals surface area contributed by atoms with Crippen LogP contribution in [0.5, 0.6) is 11.5 Å². The van der Waals surface area contributed by atoms with Crippen LogP contribution in [0.15, 0.2) is 70.5 Å². The molecule has 3 aromatic carbocycles. The smallest absolute Gasteiger partial charge is 0.136 e. The molecule has 3 aromatic rings. The van der Waals surface area contributed by atoms with Crippen molar-refractivity contribution in [1.82, 2.24) is 9.80 Å². The summed E-state index contributed by atoms with van der Waals surface area (Å²) in [5.41, 5.74) is 4.56. The second-order valence-corrected chi connectivity index (χ2v) is 12.1. The fourth-order valence-corrected chi connectivity index (χ4v) is 6.61. The average molecular weight is 640 g/mol. The summed E-state index contributed by atoms with van der Waals surface area (Å²) in [7, 11) is 0. The van der Waals surface area contributed by atoms with Crippen molar-refractivity contribution in [2.45, 2.75) is 37.5 Å². The molecule has 0 spiro atoms. The van der Waals surface area contributed by atoms with E-state index in [1.807, 2.05) is 35.7 Å². The normalized spacial score (nSPS) is 11.8. The summed E-state index contributed by atoms with van der Waals surface area (Å²) in [5, 5.41) is 0.748. The van der Waals surface area contributed by atoms with E-state index in [0.29, 0.717) is 0 Å². The standard InChI is InChI=1S/C32H39ClN2OS2.2ClH/c1-5-34(6-2)17-19-37-26-13-15-28-30(21-24-9-11-25(33)12-10-24)29-16-14-27(23-32(29)36-31(28)22-26)38-20-18-35(7-3)8-4;;/h9-16,21-23H,5-8,17-20H2,1-4H3;2*1H. The Labute approximate surface area is 266 Å². The summed E-state index contributed by atoms with van der Waals surface area (Å²) >= 11 is 9.95. The number of thioether (sulfide) groups is 2. The fraction of sp³-hybridized carbons (Fsp3) is 0.375. The largest absolute Gasteiger partial charge is 0.456 e. The Bertz CT molecular complexity index is 1160. The Morgan fingerprint density at radius 1 is 0.675 bits per heavy atom. The molecular formula is C32H41Cl3N2OS2. The quantitative estimate of drug-likeness (QED) is 0.135. The maximum Gasteiger partial charge on any atom is 0.136 e. The van der Waals surface area contributed by atoms with Crippen LogP contribution in [-0.2, 0) is 0 Å². The monoisotopic (exact) mass is 638 g/mol. The molecule has 3 nitrogen and oxygen atoms in total. The number of ether oxygens (including phenoxy) is 1. The molecule has 1 heterocycles. The molecule has 0 radical (unpaired) electrons. The number of nitrogens with zero attached hydrogens (tertiary/aromatic N) is 2. The molecule has 4 rings (SSSR count). The number of rotatable bonds is 13. The first-order chi connectivity index (χ1) is 18.5. The lowest BCUT2D eigenvalue weighted by atomic mass is 9.92. The first kappa shape index (κ1) is 34.9. The molecule has 0 amide bonds. The first-order valence-corrected chi connectivity index (χ1v) is 16.0. The van der Waals surface area contributed by atoms with Gasteiger partial charge in [0.1, 0.15) is 11.5 Å². The minimum atomic E-state index is 0. The summed E-state index contributed by atoms with van der Waals surface area (Å²) in [6, 6.07) is 21.3. The molecule has 0 bridgehead atoms. The van der Waals surface area contributed by atoms with Gasteiger partial charge in [0.05, 0.1) is 0 Å². The number of fused-ring (bicyclic) bond motifs is 2. The van der Waals surface area contributed by atoms with Gasteiger partial charge in [-0.25, -0.2) is 0 Å². The molecule has 218 valence electrons. The van der Waals surface area contributed by atoms with E-state index >= 15 is 0 Å². The van der Waals surface area contributed by atoms with Gasteiger partial charge >= 0.3 is 0 Å². The maximum atomic E-state index is 6.58. The van der Waals surface area contributed by atoms with Crippen LogP contribution < -0.4 is 4.74 Å². The molecule has 1 aliphatic rings. The van der Waals surface area contributed by atoms with E-state index in [0.717, 1.165) is 84.0 Å². The van der Waals surface area contributed by atoms with Crippen molar-refractivity contribution in [3.05, 3.63) is 82.4 Å². The van der Waals surface area contributed by atoms with Crippen LogP contribution >= 0.6 is 59.9 Å². The fourth-order valence-electron chi connectivity index (χ4n) is 4.61. The van der Waals surface area contributed by atoms with Gasteiger partial charge in [0, 0.05) is 50.5 Å². The number of halogens is 3. The highest BCUT2D eigenvalue weighted by atomic mass is 35.5. The lowest BCUT2D eigenvalue weighted by Crippen LogP contribution is -2.25. The Kier molecular flexibility index (Phi) is 15.4. The lowest BCUT2D eigenvalue weighted by molar-refractivity contribution is 0.324. The van der Waals surface area contributed by atoms with Crippen molar-refractivity contribution in [2.75, 3.05) is 50.8 Å². The Morgan fingerprint density at radius 3 is 1.55 bits per heavy atom. The molecule has 0 atom stereocenters. The molecule has 1 aliphatic heterocycles. The molecule has 0 fully saturated rings. The Morgan fingerprint density at radius 2 is 1.12 bits per heavy atom. The van der Waals surface area contributed by atoms with Crippen molar-refractivity contribution in [1.29, 1.82) is 0 Å². The molecule has 8 heteroatoms. The van der Waals surface area contributed by atoms with Crippen molar-refractivity contribution in [3.8, 4) is 11.5 Å². The van der Waals surface area contributed by atoms with Crippen LogP contribution in [0.3, 0.4) is 0 Å². The molecular weight excluding hydrogens is 599 g/mol. The second kappa shape index (κ2) is 17.6. The van der Waals surface area contributed by atoms with E-state index in [1.54, 1.807) is 0 Å². The SMILES string of the molecule is CCN(CC)CCSc1ccc2c(c1)Oc1cc(SCCN(CC)CC)ccc1C2=Cc1ccc(Cl)cc1.Cl.Cl. The molecule has 0 unspecified atom stereocenters. The highest BCUT2D eigenvalue weighted by molar-refractivity contribution is 7.99. The van der Waals surface area contributed by atoms with E-state index in [-0.39, 0.29) is 24.8 Å². The Hall–Kier alpha value is -1.31. The zero-order chi connectivity index (χ0) is 26.9. The van der Waals surface area contributed by atoms with Gasteiger partial charge < -0.3 is 14.5 Å². The lowest BCUT2D eigenvalue weighted by Gasteiger charge is -2.25. The highest BCUT2D eigenvalue weighted by Crippen LogP contribution is 2.46. The summed E-state index contributed by atoms with van der Waals surface area (Å²) < 4.78 is 6.58. The van der Waals surface area contributed by atoms with E-state index in [2.05, 4.69) is 92.1 Å². The zero-order valence-corrected chi connectivity index (χ0v) is 27.8. The molecule has 0 saturated carbocycles. The van der Waals surface area contributed by atoms with E-state index < -0.39 is 0 Å². The van der Waals surface area contributed by atoms with Gasteiger partial charge in [-0.3, -0.25) is 0 Å². The van der Waals surface area contributed by atoms with E-state index in [4.69, 9.17) is 16.3 Å². The topological polar surface area (TPSA) is 15.7 Å². The van der Waals surface area contributed by atoms with Crippen molar-refractivity contribution in [3.63, 3.8) is 0 Å². The molecule has 0 saturated heterocycles. The molecule has 40 heavy (non-hydrogen) atoms. The zero-order valence-electron chi connectivity index (χ0n) is 23.8. The van der Waals surface area contributed by atoms with Crippen LogP contribution in [0.1, 0.15) is 44.4 Å². The van der Waals surface area contributed by atoms with Crippen LogP contribution in [0.4, 0.5) is 0 Å². The summed E-state index contributed by atoms with van der Waals surface area (Å²) in [5.74, 6) is 3.99. The number of benzene rings is 3. The van der Waals surface area contributed by atoms with Gasteiger partial charge in [0.2, 0.25) is 0 Å². The van der Waals surface area contributed by atoms with Gasteiger partial charge in [0.15, 0.2) is 0 Å². The summed E-state index contributed by atoms with van der Waals surface area (Å²) in [6.45, 7) is 15.5. The van der Waals surface area contributed by atoms with Crippen LogP contribution in [-0.4, -0.2) is 60.6 Å². The Balaban J connectivity index is 0.00000280. The third kappa shape index (κ3) is 9.35. The minimum absolute atomic E-state index is 0. The van der Waals surface area contributed by atoms with Crippen molar-refractivity contribution < 1.29 is 4.74 Å². The third-order valence-corrected chi connectivity index (χ3v) is 9.23. The van der Waals surface area contributed by atoms with Gasteiger partial charge in [0.25, 0.3) is 0 Å². The number of hydrogen-bond donors (Lipinski definition) is 0. The van der Waals surface area contributed by atoms with Gasteiger partial charge in [-0.1, -0.05) is 51.4 Å². The minimum Gasteiger partial charge on any atom is -0.456 e. The predicted octanol–water partition coefficient (Wildman–Crippen LogP) is 9.75.